The van der Waals surface area contributed by atoms with Crippen molar-refractivity contribution in [3.05, 3.63) is 26.7 Å². The van der Waals surface area contributed by atoms with Crippen LogP contribution in [0, 0.1) is 11.3 Å². The smallest absolute Gasteiger partial charge is 0.207 e. The van der Waals surface area contributed by atoms with E-state index >= 15 is 0 Å². The van der Waals surface area contributed by atoms with Crippen molar-refractivity contribution in [2.45, 2.75) is 24.3 Å². The molecule has 1 rings (SSSR count). The molecule has 1 N–H and O–H groups in total. The monoisotopic (exact) mass is 370 g/mol. The van der Waals surface area contributed by atoms with Crippen LogP contribution in [-0.4, -0.2) is 14.5 Å². The van der Waals surface area contributed by atoms with E-state index < -0.39 is 16.1 Å². The number of sulfonamides is 1. The fourth-order valence-corrected chi connectivity index (χ4v) is 4.39. The zero-order valence-electron chi connectivity index (χ0n) is 9.25. The molecule has 0 aromatic heterocycles. The number of nitriles is 1. The van der Waals surface area contributed by atoms with Crippen LogP contribution in [0.2, 0.25) is 10.0 Å². The van der Waals surface area contributed by atoms with Gasteiger partial charge < -0.3 is 0 Å². The average Bonchev–Trinajstić information content (AvgIpc) is 2.23. The second-order valence-corrected chi connectivity index (χ2v) is 6.79. The van der Waals surface area contributed by atoms with Gasteiger partial charge in [-0.05, 0) is 18.6 Å². The summed E-state index contributed by atoms with van der Waals surface area (Å²) in [5, 5.41) is 8.76. The van der Waals surface area contributed by atoms with Crippen LogP contribution in [-0.2, 0) is 10.0 Å². The first kappa shape index (κ1) is 15.7. The molecule has 0 heterocycles. The minimum Gasteiger partial charge on any atom is -0.207 e. The van der Waals surface area contributed by atoms with Gasteiger partial charge in [0.2, 0.25) is 10.0 Å². The number of hydrogen-bond acceptors (Lipinski definition) is 3. The first-order valence-corrected chi connectivity index (χ1v) is 7.91. The summed E-state index contributed by atoms with van der Waals surface area (Å²) in [6, 6.07) is 3.88. The molecule has 0 aliphatic heterocycles. The molecule has 98 valence electrons. The second-order valence-electron chi connectivity index (χ2n) is 3.41. The fourth-order valence-electron chi connectivity index (χ4n) is 1.23. The maximum atomic E-state index is 12.1. The van der Waals surface area contributed by atoms with E-state index in [-0.39, 0.29) is 14.9 Å². The number of rotatable bonds is 4. The lowest BCUT2D eigenvalue weighted by Gasteiger charge is -2.12. The molecule has 0 radical (unpaired) electrons. The van der Waals surface area contributed by atoms with E-state index in [9.17, 15) is 8.42 Å². The summed E-state index contributed by atoms with van der Waals surface area (Å²) < 4.78 is 26.9. The Kier molecular flexibility index (Phi) is 5.44. The van der Waals surface area contributed by atoms with E-state index in [2.05, 4.69) is 20.7 Å². The quantitative estimate of drug-likeness (QED) is 0.882. The van der Waals surface area contributed by atoms with Gasteiger partial charge >= 0.3 is 0 Å². The van der Waals surface area contributed by atoms with E-state index in [0.29, 0.717) is 10.9 Å². The molecule has 1 aromatic rings. The van der Waals surface area contributed by atoms with Crippen LogP contribution in [0.15, 0.2) is 21.5 Å². The van der Waals surface area contributed by atoms with Gasteiger partial charge in [0.15, 0.2) is 0 Å². The summed E-state index contributed by atoms with van der Waals surface area (Å²) in [5.74, 6) is 0. The van der Waals surface area contributed by atoms with Gasteiger partial charge in [0.05, 0.1) is 16.1 Å². The average molecular weight is 372 g/mol. The van der Waals surface area contributed by atoms with Crippen LogP contribution in [0.4, 0.5) is 0 Å². The van der Waals surface area contributed by atoms with Crippen molar-refractivity contribution >= 4 is 49.2 Å². The standard InChI is InChI=1S/C10H9BrCl2N2O2S/c1-2-7(5-14)15-18(16,17)10-8(12)3-6(11)4-9(10)13/h3-4,7,15H,2H2,1H3. The third-order valence-corrected chi connectivity index (χ3v) is 4.94. The van der Waals surface area contributed by atoms with Crippen LogP contribution < -0.4 is 4.72 Å². The van der Waals surface area contributed by atoms with Crippen LogP contribution in [0.5, 0.6) is 0 Å². The largest absolute Gasteiger partial charge is 0.244 e. The SMILES string of the molecule is CCC(C#N)NS(=O)(=O)c1c(Cl)cc(Br)cc1Cl. The molecule has 1 atom stereocenters. The second kappa shape index (κ2) is 6.22. The molecule has 8 heteroatoms. The Morgan fingerprint density at radius 2 is 1.94 bits per heavy atom. The minimum atomic E-state index is -3.92. The number of hydrogen-bond donors (Lipinski definition) is 1. The highest BCUT2D eigenvalue weighted by atomic mass is 79.9. The third kappa shape index (κ3) is 3.59. The topological polar surface area (TPSA) is 70.0 Å². The normalized spacial score (nSPS) is 13.1. The van der Waals surface area contributed by atoms with E-state index in [1.807, 2.05) is 6.07 Å². The van der Waals surface area contributed by atoms with E-state index in [0.717, 1.165) is 0 Å². The van der Waals surface area contributed by atoms with Gasteiger partial charge in [0.1, 0.15) is 10.9 Å². The maximum Gasteiger partial charge on any atom is 0.244 e. The summed E-state index contributed by atoms with van der Waals surface area (Å²) in [6.07, 6.45) is 0.349. The van der Waals surface area contributed by atoms with Gasteiger partial charge in [-0.15, -0.1) is 0 Å². The van der Waals surface area contributed by atoms with Gasteiger partial charge in [0, 0.05) is 4.47 Å². The molecule has 0 aliphatic rings. The maximum absolute atomic E-state index is 12.1. The molecule has 0 aliphatic carbocycles. The van der Waals surface area contributed by atoms with Gasteiger partial charge in [-0.25, -0.2) is 8.42 Å². The molecule has 0 bridgehead atoms. The predicted octanol–water partition coefficient (Wildman–Crippen LogP) is 3.34. The lowest BCUT2D eigenvalue weighted by atomic mass is 10.3. The molecular weight excluding hydrogens is 363 g/mol. The van der Waals surface area contributed by atoms with Crippen LogP contribution >= 0.6 is 39.1 Å². The summed E-state index contributed by atoms with van der Waals surface area (Å²) in [7, 11) is -3.92. The van der Waals surface area contributed by atoms with Gasteiger partial charge in [-0.3, -0.25) is 0 Å². The van der Waals surface area contributed by atoms with Crippen LogP contribution in [0.25, 0.3) is 0 Å². The fraction of sp³-hybridized carbons (Fsp3) is 0.300. The zero-order valence-corrected chi connectivity index (χ0v) is 13.2. The number of nitrogens with one attached hydrogen (secondary N) is 1. The molecule has 4 nitrogen and oxygen atoms in total. The van der Waals surface area contributed by atoms with Gasteiger partial charge in [-0.1, -0.05) is 46.1 Å². The predicted molar refractivity (Wildman–Crippen MR) is 74.2 cm³/mol. The molecule has 0 fully saturated rings. The molecule has 1 aromatic carbocycles. The van der Waals surface area contributed by atoms with Crippen molar-refractivity contribution in [3.8, 4) is 6.07 Å². The Bertz CT molecular complexity index is 575. The first-order chi connectivity index (χ1) is 8.31. The number of benzene rings is 1. The molecule has 0 amide bonds. The van der Waals surface area contributed by atoms with Crippen molar-refractivity contribution in [3.63, 3.8) is 0 Å². The summed E-state index contributed by atoms with van der Waals surface area (Å²) >= 11 is 14.9. The zero-order chi connectivity index (χ0) is 13.9. The molecule has 0 saturated carbocycles. The van der Waals surface area contributed by atoms with Gasteiger partial charge in [0.25, 0.3) is 0 Å². The molecular formula is C10H9BrCl2N2O2S. The minimum absolute atomic E-state index is 0.00494. The third-order valence-electron chi connectivity index (χ3n) is 2.09. The van der Waals surface area contributed by atoms with Crippen molar-refractivity contribution in [2.24, 2.45) is 0 Å². The van der Waals surface area contributed by atoms with Crippen molar-refractivity contribution in [2.75, 3.05) is 0 Å². The van der Waals surface area contributed by atoms with E-state index in [4.69, 9.17) is 28.5 Å². The van der Waals surface area contributed by atoms with E-state index in [1.54, 1.807) is 6.92 Å². The molecule has 0 spiro atoms. The van der Waals surface area contributed by atoms with Crippen LogP contribution in [0.3, 0.4) is 0 Å². The number of halogens is 3. The van der Waals surface area contributed by atoms with Crippen molar-refractivity contribution in [1.82, 2.24) is 4.72 Å². The highest BCUT2D eigenvalue weighted by Gasteiger charge is 2.24. The highest BCUT2D eigenvalue weighted by molar-refractivity contribution is 9.10. The van der Waals surface area contributed by atoms with E-state index in [1.165, 1.54) is 12.1 Å². The van der Waals surface area contributed by atoms with Crippen LogP contribution in [0.1, 0.15) is 13.3 Å². The lowest BCUT2D eigenvalue weighted by molar-refractivity contribution is 0.569. The van der Waals surface area contributed by atoms with Crippen molar-refractivity contribution < 1.29 is 8.42 Å². The lowest BCUT2D eigenvalue weighted by Crippen LogP contribution is -2.33. The summed E-state index contributed by atoms with van der Waals surface area (Å²) in [6.45, 7) is 1.70. The highest BCUT2D eigenvalue weighted by Crippen LogP contribution is 2.32. The molecule has 1 unspecified atom stereocenters. The molecule has 0 saturated heterocycles. The van der Waals surface area contributed by atoms with Gasteiger partial charge in [-0.2, -0.15) is 9.98 Å². The first-order valence-electron chi connectivity index (χ1n) is 4.88. The van der Waals surface area contributed by atoms with Crippen molar-refractivity contribution in [1.29, 1.82) is 5.26 Å². The Morgan fingerprint density at radius 3 is 2.33 bits per heavy atom. The Balaban J connectivity index is 3.26. The Hall–Kier alpha value is -0.320. The Morgan fingerprint density at radius 1 is 1.44 bits per heavy atom. The summed E-state index contributed by atoms with van der Waals surface area (Å²) in [4.78, 5) is -0.220. The molecule has 18 heavy (non-hydrogen) atoms. The number of nitrogens with zero attached hydrogens (tertiary/aromatic N) is 1. The summed E-state index contributed by atoms with van der Waals surface area (Å²) in [5.41, 5.74) is 0. The Labute approximate surface area is 124 Å².